The molecule has 0 heterocycles. The van der Waals surface area contributed by atoms with Crippen LogP contribution in [0.4, 0.5) is 0 Å². The number of unbranched alkanes of at least 4 members (excludes halogenated alkanes) is 36. The van der Waals surface area contributed by atoms with Gasteiger partial charge in [0.1, 0.15) is 19.3 Å². The standard InChI is InChI=1S/C70H129N2O7P/c1-7-10-13-16-19-22-25-28-30-31-32-33-34-35-36-37-38-39-40-41-43-44-47-50-53-56-59-62-69(73)71-67(66-78-80(75,76)77-65-64-72(4,5)6)68(61-58-55-52-49-46-27-24-21-18-15-12-9-3)79-70(74)63-60-57-54-51-48-45-42-29-26-23-20-17-14-11-8-2/h19-20,22-23,26,28-30,32-33,58,61,67-68H,7-18,21,24-25,27,31,34-57,59-60,62-66H2,1-6H3,(H-,71,73,75,76)/b22-19-,23-20+,29-26+,30-28-,33-32-,61-58-. The number of esters is 1. The van der Waals surface area contributed by atoms with Crippen LogP contribution in [0.3, 0.4) is 0 Å². The Balaban J connectivity index is 5.05. The molecule has 0 radical (unpaired) electrons. The van der Waals surface area contributed by atoms with Crippen molar-refractivity contribution in [2.24, 2.45) is 0 Å². The Morgan fingerprint density at radius 1 is 0.450 bits per heavy atom. The van der Waals surface area contributed by atoms with E-state index in [1.807, 2.05) is 33.3 Å². The van der Waals surface area contributed by atoms with Gasteiger partial charge >= 0.3 is 5.97 Å². The van der Waals surface area contributed by atoms with Crippen LogP contribution in [0.1, 0.15) is 310 Å². The smallest absolute Gasteiger partial charge is 0.306 e. The molecule has 0 aliphatic heterocycles. The average molecular weight is 1140 g/mol. The number of allylic oxidation sites excluding steroid dienone is 11. The highest BCUT2D eigenvalue weighted by atomic mass is 31.2. The number of nitrogens with one attached hydrogen (secondary N) is 1. The molecule has 0 aromatic rings. The van der Waals surface area contributed by atoms with Crippen molar-refractivity contribution in [3.05, 3.63) is 72.9 Å². The van der Waals surface area contributed by atoms with Crippen LogP contribution in [0, 0.1) is 0 Å². The molecule has 0 saturated heterocycles. The van der Waals surface area contributed by atoms with Crippen LogP contribution in [-0.2, 0) is 27.9 Å². The molecule has 466 valence electrons. The van der Waals surface area contributed by atoms with E-state index in [4.69, 9.17) is 13.8 Å². The number of likely N-dealkylation sites (N-methyl/N-ethyl adjacent to an activating group) is 1. The molecule has 0 aromatic carbocycles. The van der Waals surface area contributed by atoms with Gasteiger partial charge in [-0.3, -0.25) is 14.2 Å². The Bertz CT molecular complexity index is 1600. The quantitative estimate of drug-likeness (QED) is 0.0161. The van der Waals surface area contributed by atoms with Crippen molar-refractivity contribution in [3.8, 4) is 0 Å². The van der Waals surface area contributed by atoms with Crippen LogP contribution >= 0.6 is 7.82 Å². The summed E-state index contributed by atoms with van der Waals surface area (Å²) in [5.41, 5.74) is 0. The zero-order valence-electron chi connectivity index (χ0n) is 53.3. The fraction of sp³-hybridized carbons (Fsp3) is 0.800. The minimum Gasteiger partial charge on any atom is -0.756 e. The molecular weight excluding hydrogens is 1010 g/mol. The van der Waals surface area contributed by atoms with Gasteiger partial charge in [-0.15, -0.1) is 0 Å². The Morgan fingerprint density at radius 2 is 0.800 bits per heavy atom. The van der Waals surface area contributed by atoms with E-state index >= 15 is 0 Å². The first-order valence-corrected chi connectivity index (χ1v) is 35.2. The first-order valence-electron chi connectivity index (χ1n) is 33.8. The maximum Gasteiger partial charge on any atom is 0.306 e. The average Bonchev–Trinajstić information content (AvgIpc) is 3.42. The van der Waals surface area contributed by atoms with Crippen molar-refractivity contribution in [3.63, 3.8) is 0 Å². The van der Waals surface area contributed by atoms with Gasteiger partial charge in [-0.2, -0.15) is 0 Å². The molecule has 10 heteroatoms. The van der Waals surface area contributed by atoms with Gasteiger partial charge in [-0.05, 0) is 96.0 Å². The van der Waals surface area contributed by atoms with Crippen molar-refractivity contribution in [1.82, 2.24) is 5.32 Å². The molecule has 80 heavy (non-hydrogen) atoms. The highest BCUT2D eigenvalue weighted by Gasteiger charge is 2.27. The predicted molar refractivity (Wildman–Crippen MR) is 344 cm³/mol. The van der Waals surface area contributed by atoms with Gasteiger partial charge in [0, 0.05) is 12.8 Å². The number of nitrogens with zero attached hydrogens (tertiary/aromatic N) is 1. The second kappa shape index (κ2) is 59.6. The topological polar surface area (TPSA) is 114 Å². The Labute approximate surface area is 495 Å². The minimum absolute atomic E-state index is 0.0256. The third-order valence-corrected chi connectivity index (χ3v) is 15.9. The number of phosphoric ester groups is 1. The third kappa shape index (κ3) is 60.1. The summed E-state index contributed by atoms with van der Waals surface area (Å²) in [4.78, 5) is 40.1. The number of carbonyl (C=O) groups is 2. The molecule has 0 rings (SSSR count). The van der Waals surface area contributed by atoms with E-state index in [-0.39, 0.29) is 24.9 Å². The van der Waals surface area contributed by atoms with Crippen molar-refractivity contribution in [2.45, 2.75) is 322 Å². The first kappa shape index (κ1) is 77.5. The molecule has 9 nitrogen and oxygen atoms in total. The summed E-state index contributed by atoms with van der Waals surface area (Å²) in [5.74, 6) is -0.549. The molecule has 0 aliphatic carbocycles. The SMILES string of the molecule is CCCCC/C=C\C/C=C\C/C=C\CCCCCCCCCCCCCCCCC(=O)NC(COP(=O)([O-])OCC[N+](C)(C)C)C(/C=C\CCCCCCCCCCCC)OC(=O)CCCCCCCC/C=C/C=C/CCCCC. The zero-order valence-corrected chi connectivity index (χ0v) is 54.2. The maximum atomic E-state index is 13.6. The van der Waals surface area contributed by atoms with E-state index in [2.05, 4.69) is 86.8 Å². The fourth-order valence-corrected chi connectivity index (χ4v) is 10.4. The maximum absolute atomic E-state index is 13.6. The molecule has 0 aromatic heterocycles. The van der Waals surface area contributed by atoms with Crippen LogP contribution in [0.2, 0.25) is 0 Å². The van der Waals surface area contributed by atoms with Crippen LogP contribution in [0.25, 0.3) is 0 Å². The lowest BCUT2D eigenvalue weighted by atomic mass is 10.0. The number of rotatable bonds is 61. The number of amides is 1. The van der Waals surface area contributed by atoms with Crippen LogP contribution in [-0.4, -0.2) is 69.4 Å². The molecule has 3 atom stereocenters. The van der Waals surface area contributed by atoms with E-state index in [9.17, 15) is 19.0 Å². The number of carbonyl (C=O) groups excluding carboxylic acids is 2. The number of quaternary nitrogens is 1. The van der Waals surface area contributed by atoms with Gasteiger partial charge in [-0.25, -0.2) is 0 Å². The van der Waals surface area contributed by atoms with Crippen LogP contribution in [0.15, 0.2) is 72.9 Å². The fourth-order valence-electron chi connectivity index (χ4n) is 9.64. The van der Waals surface area contributed by atoms with Gasteiger partial charge in [0.2, 0.25) is 5.91 Å². The van der Waals surface area contributed by atoms with E-state index < -0.39 is 26.6 Å². The molecule has 3 unspecified atom stereocenters. The van der Waals surface area contributed by atoms with Gasteiger partial charge < -0.3 is 28.5 Å². The summed E-state index contributed by atoms with van der Waals surface area (Å²) in [5, 5.41) is 3.04. The van der Waals surface area contributed by atoms with Crippen molar-refractivity contribution in [1.29, 1.82) is 0 Å². The largest absolute Gasteiger partial charge is 0.756 e. The molecule has 0 spiro atoms. The summed E-state index contributed by atoms with van der Waals surface area (Å²) in [6, 6.07) is -0.895. The molecule has 0 bridgehead atoms. The van der Waals surface area contributed by atoms with Gasteiger partial charge in [0.25, 0.3) is 7.82 Å². The molecule has 0 saturated carbocycles. The van der Waals surface area contributed by atoms with Crippen molar-refractivity contribution < 1.29 is 37.3 Å². The zero-order chi connectivity index (χ0) is 58.6. The van der Waals surface area contributed by atoms with Gasteiger partial charge in [0.05, 0.1) is 33.8 Å². The number of ether oxygens (including phenoxy) is 1. The summed E-state index contributed by atoms with van der Waals surface area (Å²) in [6.07, 6.45) is 77.3. The van der Waals surface area contributed by atoms with Crippen molar-refractivity contribution >= 4 is 19.7 Å². The second-order valence-electron chi connectivity index (χ2n) is 24.0. The van der Waals surface area contributed by atoms with E-state index in [1.54, 1.807) is 0 Å². The summed E-state index contributed by atoms with van der Waals surface area (Å²) < 4.78 is 30.4. The summed E-state index contributed by atoms with van der Waals surface area (Å²) in [7, 11) is 1.18. The molecule has 0 fully saturated rings. The lowest BCUT2D eigenvalue weighted by molar-refractivity contribution is -0.870. The van der Waals surface area contributed by atoms with E-state index in [0.29, 0.717) is 17.4 Å². The monoisotopic (exact) mass is 1140 g/mol. The van der Waals surface area contributed by atoms with Crippen molar-refractivity contribution in [2.75, 3.05) is 40.9 Å². The summed E-state index contributed by atoms with van der Waals surface area (Å²) in [6.45, 7) is 6.80. The minimum atomic E-state index is -4.70. The van der Waals surface area contributed by atoms with Gasteiger partial charge in [-0.1, -0.05) is 274 Å². The molecule has 1 N–H and O–H groups in total. The van der Waals surface area contributed by atoms with Gasteiger partial charge in [0.15, 0.2) is 0 Å². The number of hydrogen-bond donors (Lipinski definition) is 1. The van der Waals surface area contributed by atoms with E-state index in [0.717, 1.165) is 89.9 Å². The van der Waals surface area contributed by atoms with Crippen LogP contribution in [0.5, 0.6) is 0 Å². The third-order valence-electron chi connectivity index (χ3n) is 14.9. The van der Waals surface area contributed by atoms with E-state index in [1.165, 1.54) is 186 Å². The summed E-state index contributed by atoms with van der Waals surface area (Å²) >= 11 is 0. The second-order valence-corrected chi connectivity index (χ2v) is 25.4. The number of phosphoric acid groups is 1. The first-order chi connectivity index (χ1) is 38.9. The Hall–Kier alpha value is -2.55. The predicted octanol–water partition coefficient (Wildman–Crippen LogP) is 20.5. The highest BCUT2D eigenvalue weighted by Crippen LogP contribution is 2.38. The lowest BCUT2D eigenvalue weighted by Crippen LogP contribution is -2.47. The number of hydrogen-bond acceptors (Lipinski definition) is 7. The highest BCUT2D eigenvalue weighted by molar-refractivity contribution is 7.45. The lowest BCUT2D eigenvalue weighted by Gasteiger charge is -2.30. The molecular formula is C70H129N2O7P. The molecule has 0 aliphatic rings. The molecule has 1 amide bonds. The Kier molecular flexibility index (Phi) is 57.7. The van der Waals surface area contributed by atoms with Crippen LogP contribution < -0.4 is 10.2 Å². The Morgan fingerprint density at radius 3 is 1.24 bits per heavy atom. The normalized spacial score (nSPS) is 14.0.